The second kappa shape index (κ2) is 9.19. The number of carbonyl (C=O) groups excluding carboxylic acids is 2. The van der Waals surface area contributed by atoms with Gasteiger partial charge in [0.25, 0.3) is 5.91 Å². The summed E-state index contributed by atoms with van der Waals surface area (Å²) in [5.74, 6) is -0.0334. The number of amides is 2. The molecule has 2 aromatic rings. The standard InChI is InChI=1S/C21H27N3O3/c1-21(2,14-22)15-24(19(25)17-7-5-4-6-8-17)13-16-9-11-18(12-10-16)23-20(26)27-3/h4-12H,13-15,22H2,1-3H3,(H,23,26). The van der Waals surface area contributed by atoms with Gasteiger partial charge in [-0.1, -0.05) is 44.2 Å². The molecule has 3 N–H and O–H groups in total. The minimum absolute atomic E-state index is 0.0334. The summed E-state index contributed by atoms with van der Waals surface area (Å²) in [7, 11) is 1.32. The van der Waals surface area contributed by atoms with Gasteiger partial charge in [0.1, 0.15) is 0 Å². The van der Waals surface area contributed by atoms with Crippen LogP contribution in [-0.4, -0.2) is 37.1 Å². The van der Waals surface area contributed by atoms with Crippen molar-refractivity contribution in [1.29, 1.82) is 0 Å². The van der Waals surface area contributed by atoms with E-state index >= 15 is 0 Å². The van der Waals surface area contributed by atoms with Crippen molar-refractivity contribution in [3.05, 3.63) is 65.7 Å². The van der Waals surface area contributed by atoms with Gasteiger partial charge in [-0.05, 0) is 41.8 Å². The number of rotatable bonds is 7. The zero-order valence-electron chi connectivity index (χ0n) is 16.1. The van der Waals surface area contributed by atoms with E-state index in [4.69, 9.17) is 5.73 Å². The molecule has 0 heterocycles. The van der Waals surface area contributed by atoms with E-state index in [1.165, 1.54) is 7.11 Å². The molecule has 2 aromatic carbocycles. The highest BCUT2D eigenvalue weighted by molar-refractivity contribution is 5.94. The average Bonchev–Trinajstić information content (AvgIpc) is 2.68. The van der Waals surface area contributed by atoms with Crippen molar-refractivity contribution in [2.45, 2.75) is 20.4 Å². The van der Waals surface area contributed by atoms with E-state index < -0.39 is 6.09 Å². The summed E-state index contributed by atoms with van der Waals surface area (Å²) in [4.78, 5) is 26.1. The molecule has 2 amide bonds. The van der Waals surface area contributed by atoms with Crippen LogP contribution in [0.4, 0.5) is 10.5 Å². The van der Waals surface area contributed by atoms with Gasteiger partial charge in [0, 0.05) is 24.3 Å². The third-order valence-corrected chi connectivity index (χ3v) is 4.24. The first-order chi connectivity index (χ1) is 12.8. The molecule has 27 heavy (non-hydrogen) atoms. The van der Waals surface area contributed by atoms with E-state index in [-0.39, 0.29) is 11.3 Å². The van der Waals surface area contributed by atoms with E-state index in [2.05, 4.69) is 10.1 Å². The Bertz CT molecular complexity index is 758. The van der Waals surface area contributed by atoms with Crippen LogP contribution in [0.3, 0.4) is 0 Å². The fraction of sp³-hybridized carbons (Fsp3) is 0.333. The van der Waals surface area contributed by atoms with Gasteiger partial charge in [0.15, 0.2) is 0 Å². The predicted molar refractivity (Wildman–Crippen MR) is 106 cm³/mol. The lowest BCUT2D eigenvalue weighted by atomic mass is 9.92. The van der Waals surface area contributed by atoms with Crippen molar-refractivity contribution in [2.24, 2.45) is 11.1 Å². The predicted octanol–water partition coefficient (Wildman–Crippen LogP) is 3.49. The maximum atomic E-state index is 13.0. The van der Waals surface area contributed by atoms with Crippen molar-refractivity contribution in [3.8, 4) is 0 Å². The Balaban J connectivity index is 2.18. The molecule has 0 bridgehead atoms. The van der Waals surface area contributed by atoms with E-state index in [0.29, 0.717) is 30.9 Å². The molecule has 0 aliphatic carbocycles. The summed E-state index contributed by atoms with van der Waals surface area (Å²) in [6.45, 7) is 5.56. The number of nitrogens with two attached hydrogens (primary N) is 1. The smallest absolute Gasteiger partial charge is 0.411 e. The van der Waals surface area contributed by atoms with E-state index in [9.17, 15) is 9.59 Å². The van der Waals surface area contributed by atoms with Crippen molar-refractivity contribution in [1.82, 2.24) is 4.90 Å². The summed E-state index contributed by atoms with van der Waals surface area (Å²) in [6, 6.07) is 16.6. The quantitative estimate of drug-likeness (QED) is 0.782. The zero-order chi connectivity index (χ0) is 19.9. The van der Waals surface area contributed by atoms with Gasteiger partial charge < -0.3 is 15.4 Å². The number of carbonyl (C=O) groups is 2. The van der Waals surface area contributed by atoms with Gasteiger partial charge in [-0.25, -0.2) is 4.79 Å². The van der Waals surface area contributed by atoms with Gasteiger partial charge >= 0.3 is 6.09 Å². The molecule has 0 aromatic heterocycles. The van der Waals surface area contributed by atoms with Crippen LogP contribution in [0.5, 0.6) is 0 Å². The number of nitrogens with zero attached hydrogens (tertiary/aromatic N) is 1. The number of benzene rings is 2. The summed E-state index contributed by atoms with van der Waals surface area (Å²) in [5.41, 5.74) is 7.92. The Morgan fingerprint density at radius 3 is 2.26 bits per heavy atom. The second-order valence-electron chi connectivity index (χ2n) is 7.21. The van der Waals surface area contributed by atoms with Crippen LogP contribution in [0.15, 0.2) is 54.6 Å². The molecule has 0 aliphatic rings. The molecule has 0 atom stereocenters. The van der Waals surface area contributed by atoms with Crippen molar-refractivity contribution in [3.63, 3.8) is 0 Å². The van der Waals surface area contributed by atoms with Gasteiger partial charge in [0.2, 0.25) is 0 Å². The van der Waals surface area contributed by atoms with Crippen LogP contribution < -0.4 is 11.1 Å². The third-order valence-electron chi connectivity index (χ3n) is 4.24. The number of anilines is 1. The van der Waals surface area contributed by atoms with Crippen molar-refractivity contribution in [2.75, 3.05) is 25.5 Å². The Morgan fingerprint density at radius 2 is 1.70 bits per heavy atom. The molecule has 144 valence electrons. The monoisotopic (exact) mass is 369 g/mol. The first kappa shape index (κ1) is 20.5. The molecule has 0 aliphatic heterocycles. The van der Waals surface area contributed by atoms with Crippen molar-refractivity contribution < 1.29 is 14.3 Å². The van der Waals surface area contributed by atoms with E-state index in [1.54, 1.807) is 12.1 Å². The maximum Gasteiger partial charge on any atom is 0.411 e. The van der Waals surface area contributed by atoms with Gasteiger partial charge in [0.05, 0.1) is 7.11 Å². The highest BCUT2D eigenvalue weighted by Gasteiger charge is 2.24. The number of methoxy groups -OCH3 is 1. The van der Waals surface area contributed by atoms with Crippen LogP contribution in [0.2, 0.25) is 0 Å². The molecule has 0 saturated carbocycles. The molecular formula is C21H27N3O3. The lowest BCUT2D eigenvalue weighted by Gasteiger charge is -2.32. The number of ether oxygens (including phenoxy) is 1. The molecule has 2 rings (SSSR count). The largest absolute Gasteiger partial charge is 0.453 e. The molecule has 0 spiro atoms. The third kappa shape index (κ3) is 6.11. The Labute approximate surface area is 160 Å². The Morgan fingerprint density at radius 1 is 1.07 bits per heavy atom. The number of nitrogens with one attached hydrogen (secondary N) is 1. The van der Waals surface area contributed by atoms with Gasteiger partial charge in [-0.15, -0.1) is 0 Å². The highest BCUT2D eigenvalue weighted by atomic mass is 16.5. The minimum Gasteiger partial charge on any atom is -0.453 e. The lowest BCUT2D eigenvalue weighted by Crippen LogP contribution is -2.41. The Hall–Kier alpha value is -2.86. The van der Waals surface area contributed by atoms with Crippen LogP contribution in [0, 0.1) is 5.41 Å². The fourth-order valence-electron chi connectivity index (χ4n) is 2.63. The average molecular weight is 369 g/mol. The summed E-state index contributed by atoms with van der Waals surface area (Å²) < 4.78 is 4.58. The van der Waals surface area contributed by atoms with Crippen LogP contribution in [0.25, 0.3) is 0 Å². The van der Waals surface area contributed by atoms with Crippen LogP contribution >= 0.6 is 0 Å². The molecular weight excluding hydrogens is 342 g/mol. The molecule has 0 fully saturated rings. The highest BCUT2D eigenvalue weighted by Crippen LogP contribution is 2.20. The normalized spacial score (nSPS) is 11.0. The number of hydrogen-bond acceptors (Lipinski definition) is 4. The molecule has 0 saturated heterocycles. The fourth-order valence-corrected chi connectivity index (χ4v) is 2.63. The van der Waals surface area contributed by atoms with Gasteiger partial charge in [-0.3, -0.25) is 10.1 Å². The van der Waals surface area contributed by atoms with Crippen LogP contribution in [-0.2, 0) is 11.3 Å². The minimum atomic E-state index is -0.520. The van der Waals surface area contributed by atoms with E-state index in [0.717, 1.165) is 5.56 Å². The summed E-state index contributed by atoms with van der Waals surface area (Å²) in [6.07, 6.45) is -0.520. The van der Waals surface area contributed by atoms with Crippen LogP contribution in [0.1, 0.15) is 29.8 Å². The topological polar surface area (TPSA) is 84.7 Å². The van der Waals surface area contributed by atoms with Gasteiger partial charge in [-0.2, -0.15) is 0 Å². The first-order valence-electron chi connectivity index (χ1n) is 8.83. The molecule has 6 nitrogen and oxygen atoms in total. The SMILES string of the molecule is COC(=O)Nc1ccc(CN(CC(C)(C)CN)C(=O)c2ccccc2)cc1. The second-order valence-corrected chi connectivity index (χ2v) is 7.21. The molecule has 6 heteroatoms. The summed E-state index contributed by atoms with van der Waals surface area (Å²) in [5, 5.41) is 2.61. The maximum absolute atomic E-state index is 13.0. The summed E-state index contributed by atoms with van der Waals surface area (Å²) >= 11 is 0. The lowest BCUT2D eigenvalue weighted by molar-refractivity contribution is 0.0673. The molecule has 0 unspecified atom stereocenters. The number of hydrogen-bond donors (Lipinski definition) is 2. The van der Waals surface area contributed by atoms with Crippen molar-refractivity contribution >= 4 is 17.7 Å². The van der Waals surface area contributed by atoms with E-state index in [1.807, 2.05) is 61.2 Å². The first-order valence-corrected chi connectivity index (χ1v) is 8.83. The zero-order valence-corrected chi connectivity index (χ0v) is 16.1. The Kier molecular flexibility index (Phi) is 6.96. The molecule has 0 radical (unpaired) electrons.